The summed E-state index contributed by atoms with van der Waals surface area (Å²) < 4.78 is 6.31. The summed E-state index contributed by atoms with van der Waals surface area (Å²) in [6.45, 7) is 0. The van der Waals surface area contributed by atoms with Crippen LogP contribution in [0, 0.1) is 5.21 Å². The maximum absolute atomic E-state index is 12.0. The molecule has 3 nitrogen and oxygen atoms in total. The Labute approximate surface area is 99.9 Å². The van der Waals surface area contributed by atoms with Crippen molar-refractivity contribution in [2.75, 3.05) is 7.11 Å². The van der Waals surface area contributed by atoms with Crippen LogP contribution < -0.4 is 9.47 Å². The highest BCUT2D eigenvalue weighted by Gasteiger charge is 2.26. The van der Waals surface area contributed by atoms with E-state index in [1.807, 2.05) is 18.2 Å². The molecule has 0 atom stereocenters. The van der Waals surface area contributed by atoms with Gasteiger partial charge < -0.3 is 9.94 Å². The molecule has 0 fully saturated rings. The molecule has 86 valence electrons. The van der Waals surface area contributed by atoms with Crippen LogP contribution in [0.15, 0.2) is 36.5 Å². The zero-order valence-electron chi connectivity index (χ0n) is 9.64. The van der Waals surface area contributed by atoms with Crippen molar-refractivity contribution in [2.24, 2.45) is 0 Å². The Bertz CT molecular complexity index is 564. The zero-order valence-corrected chi connectivity index (χ0v) is 9.64. The average Bonchev–Trinajstić information content (AvgIpc) is 2.38. The molecule has 0 aliphatic heterocycles. The lowest BCUT2D eigenvalue weighted by atomic mass is 9.88. The SMILES string of the molecule is COc1cccc2c1-c1c(ccc[n+]1[O-])CC2. The normalized spacial score (nSPS) is 12.8. The van der Waals surface area contributed by atoms with Crippen molar-refractivity contribution in [1.29, 1.82) is 0 Å². The molecule has 0 saturated heterocycles. The Morgan fingerprint density at radius 1 is 1.12 bits per heavy atom. The largest absolute Gasteiger partial charge is 0.618 e. The van der Waals surface area contributed by atoms with E-state index in [0.29, 0.717) is 0 Å². The first-order chi connectivity index (χ1) is 8.31. The van der Waals surface area contributed by atoms with Gasteiger partial charge in [0.1, 0.15) is 5.75 Å². The monoisotopic (exact) mass is 227 g/mol. The lowest BCUT2D eigenvalue weighted by Crippen LogP contribution is -2.31. The highest BCUT2D eigenvalue weighted by atomic mass is 16.5. The number of ether oxygens (including phenoxy) is 1. The molecule has 1 aromatic carbocycles. The minimum absolute atomic E-state index is 0.742. The fourth-order valence-electron chi connectivity index (χ4n) is 2.50. The van der Waals surface area contributed by atoms with Gasteiger partial charge in [-0.25, -0.2) is 0 Å². The van der Waals surface area contributed by atoms with Crippen molar-refractivity contribution in [3.05, 3.63) is 52.9 Å². The van der Waals surface area contributed by atoms with E-state index in [9.17, 15) is 5.21 Å². The van der Waals surface area contributed by atoms with Crippen LogP contribution in [-0.2, 0) is 12.8 Å². The Hall–Kier alpha value is -2.03. The van der Waals surface area contributed by atoms with E-state index in [0.717, 1.165) is 40.1 Å². The summed E-state index contributed by atoms with van der Waals surface area (Å²) in [5, 5.41) is 12.0. The molecule has 0 saturated carbocycles. The molecule has 3 heteroatoms. The Morgan fingerprint density at radius 3 is 2.71 bits per heavy atom. The van der Waals surface area contributed by atoms with Crippen LogP contribution in [-0.4, -0.2) is 7.11 Å². The second-order valence-electron chi connectivity index (χ2n) is 4.20. The Balaban J connectivity index is 2.34. The number of hydrogen-bond acceptors (Lipinski definition) is 2. The second kappa shape index (κ2) is 3.77. The number of hydrogen-bond donors (Lipinski definition) is 0. The quantitative estimate of drug-likeness (QED) is 0.552. The average molecular weight is 227 g/mol. The van der Waals surface area contributed by atoms with Gasteiger partial charge in [-0.2, -0.15) is 4.73 Å². The number of methoxy groups -OCH3 is 1. The molecule has 0 spiro atoms. The first-order valence-electron chi connectivity index (χ1n) is 5.68. The molecular weight excluding hydrogens is 214 g/mol. The van der Waals surface area contributed by atoms with Crippen LogP contribution in [0.2, 0.25) is 0 Å². The maximum Gasteiger partial charge on any atom is 0.231 e. The molecule has 1 heterocycles. The number of rotatable bonds is 1. The zero-order chi connectivity index (χ0) is 11.8. The van der Waals surface area contributed by atoms with Crippen molar-refractivity contribution in [2.45, 2.75) is 12.8 Å². The first kappa shape index (κ1) is 10.1. The second-order valence-corrected chi connectivity index (χ2v) is 4.20. The predicted octanol–water partition coefficient (Wildman–Crippen LogP) is 2.09. The van der Waals surface area contributed by atoms with Gasteiger partial charge in [0, 0.05) is 11.6 Å². The molecule has 1 aliphatic rings. The minimum Gasteiger partial charge on any atom is -0.618 e. The summed E-state index contributed by atoms with van der Waals surface area (Å²) >= 11 is 0. The molecule has 0 bridgehead atoms. The van der Waals surface area contributed by atoms with E-state index in [1.165, 1.54) is 5.56 Å². The van der Waals surface area contributed by atoms with Gasteiger partial charge in [-0.3, -0.25) is 0 Å². The van der Waals surface area contributed by atoms with Crippen molar-refractivity contribution in [1.82, 2.24) is 0 Å². The van der Waals surface area contributed by atoms with Crippen LogP contribution >= 0.6 is 0 Å². The van der Waals surface area contributed by atoms with Gasteiger partial charge in [0.15, 0.2) is 6.20 Å². The van der Waals surface area contributed by atoms with Gasteiger partial charge in [0.05, 0.1) is 12.7 Å². The highest BCUT2D eigenvalue weighted by Crippen LogP contribution is 2.37. The fourth-order valence-corrected chi connectivity index (χ4v) is 2.50. The number of aromatic nitrogens is 1. The molecule has 0 radical (unpaired) electrons. The van der Waals surface area contributed by atoms with E-state index in [2.05, 4.69) is 6.07 Å². The summed E-state index contributed by atoms with van der Waals surface area (Å²) in [4.78, 5) is 0. The van der Waals surface area contributed by atoms with Crippen molar-refractivity contribution in [3.8, 4) is 17.0 Å². The van der Waals surface area contributed by atoms with E-state index in [-0.39, 0.29) is 0 Å². The summed E-state index contributed by atoms with van der Waals surface area (Å²) in [6.07, 6.45) is 3.42. The van der Waals surface area contributed by atoms with Crippen LogP contribution in [0.25, 0.3) is 11.3 Å². The molecule has 3 rings (SSSR count). The van der Waals surface area contributed by atoms with Crippen molar-refractivity contribution in [3.63, 3.8) is 0 Å². The van der Waals surface area contributed by atoms with Gasteiger partial charge in [-0.15, -0.1) is 0 Å². The molecule has 17 heavy (non-hydrogen) atoms. The van der Waals surface area contributed by atoms with Crippen molar-refractivity contribution < 1.29 is 9.47 Å². The van der Waals surface area contributed by atoms with E-state index in [4.69, 9.17) is 4.74 Å². The lowest BCUT2D eigenvalue weighted by Gasteiger charge is -2.20. The highest BCUT2D eigenvalue weighted by molar-refractivity contribution is 5.73. The third-order valence-electron chi connectivity index (χ3n) is 3.28. The minimum atomic E-state index is 0.742. The molecule has 2 aromatic rings. The lowest BCUT2D eigenvalue weighted by molar-refractivity contribution is -0.594. The number of pyridine rings is 1. The van der Waals surface area contributed by atoms with E-state index in [1.54, 1.807) is 19.4 Å². The van der Waals surface area contributed by atoms with E-state index >= 15 is 0 Å². The number of aryl methyl sites for hydroxylation is 2. The fraction of sp³-hybridized carbons (Fsp3) is 0.214. The summed E-state index contributed by atoms with van der Waals surface area (Å²) in [5.74, 6) is 0.777. The molecule has 0 N–H and O–H groups in total. The van der Waals surface area contributed by atoms with Crippen LogP contribution in [0.1, 0.15) is 11.1 Å². The van der Waals surface area contributed by atoms with Gasteiger partial charge in [-0.05, 0) is 30.5 Å². The third kappa shape index (κ3) is 1.46. The number of fused-ring (bicyclic) bond motifs is 3. The smallest absolute Gasteiger partial charge is 0.231 e. The predicted molar refractivity (Wildman–Crippen MR) is 64.8 cm³/mol. The molecule has 0 unspecified atom stereocenters. The standard InChI is InChI=1S/C14H13NO2/c1-17-12-6-2-4-10-7-8-11-5-3-9-15(16)14(11)13(10)12/h2-6,9H,7-8H2,1H3. The Kier molecular flexibility index (Phi) is 2.25. The Morgan fingerprint density at radius 2 is 1.88 bits per heavy atom. The molecule has 1 aliphatic carbocycles. The molecular formula is C14H13NO2. The van der Waals surface area contributed by atoms with Gasteiger partial charge in [-0.1, -0.05) is 12.1 Å². The van der Waals surface area contributed by atoms with Gasteiger partial charge in [0.25, 0.3) is 0 Å². The first-order valence-corrected chi connectivity index (χ1v) is 5.68. The third-order valence-corrected chi connectivity index (χ3v) is 3.28. The van der Waals surface area contributed by atoms with Crippen LogP contribution in [0.5, 0.6) is 5.75 Å². The van der Waals surface area contributed by atoms with Gasteiger partial charge >= 0.3 is 0 Å². The van der Waals surface area contributed by atoms with Crippen molar-refractivity contribution >= 4 is 0 Å². The maximum atomic E-state index is 12.0. The summed E-state index contributed by atoms with van der Waals surface area (Å²) in [5.41, 5.74) is 3.98. The molecule has 1 aromatic heterocycles. The van der Waals surface area contributed by atoms with E-state index < -0.39 is 0 Å². The van der Waals surface area contributed by atoms with Crippen LogP contribution in [0.4, 0.5) is 0 Å². The topological polar surface area (TPSA) is 36.2 Å². The summed E-state index contributed by atoms with van der Waals surface area (Å²) in [7, 11) is 1.64. The van der Waals surface area contributed by atoms with Crippen LogP contribution in [0.3, 0.4) is 0 Å². The molecule has 0 amide bonds. The van der Waals surface area contributed by atoms with Gasteiger partial charge in [0.2, 0.25) is 5.69 Å². The number of benzene rings is 1. The summed E-state index contributed by atoms with van der Waals surface area (Å²) in [6, 6.07) is 9.75. The number of nitrogens with zero attached hydrogens (tertiary/aromatic N) is 1.